The topological polar surface area (TPSA) is 78.4 Å². The van der Waals surface area contributed by atoms with E-state index in [9.17, 15) is 14.7 Å². The summed E-state index contributed by atoms with van der Waals surface area (Å²) in [6.07, 6.45) is 2.50. The summed E-state index contributed by atoms with van der Waals surface area (Å²) in [6.45, 7) is 1.68. The molecule has 1 aliphatic carbocycles. The Morgan fingerprint density at radius 3 is 1.93 bits per heavy atom. The van der Waals surface area contributed by atoms with Gasteiger partial charge in [0.15, 0.2) is 0 Å². The minimum atomic E-state index is -0.706. The van der Waals surface area contributed by atoms with Crippen molar-refractivity contribution in [2.24, 2.45) is 0 Å². The lowest BCUT2D eigenvalue weighted by atomic mass is 9.87. The van der Waals surface area contributed by atoms with Crippen molar-refractivity contribution in [3.63, 3.8) is 0 Å². The molecule has 0 saturated heterocycles. The van der Waals surface area contributed by atoms with Crippen molar-refractivity contribution in [3.8, 4) is 0 Å². The average molecular weight is 364 g/mol. The minimum Gasteiger partial charge on any atom is -0.389 e. The molecular formula is C22H24N2O3. The third-order valence-corrected chi connectivity index (χ3v) is 4.74. The third-order valence-electron chi connectivity index (χ3n) is 4.74. The fourth-order valence-corrected chi connectivity index (χ4v) is 3.32. The Kier molecular flexibility index (Phi) is 6.04. The van der Waals surface area contributed by atoms with Crippen LogP contribution in [0.4, 0.5) is 0 Å². The molecule has 0 heterocycles. The van der Waals surface area contributed by atoms with Gasteiger partial charge < -0.3 is 15.7 Å². The van der Waals surface area contributed by atoms with Gasteiger partial charge in [-0.2, -0.15) is 0 Å². The van der Waals surface area contributed by atoms with E-state index in [0.29, 0.717) is 24.0 Å². The number of benzene rings is 2. The molecule has 3 N–H and O–H groups in total. The fraction of sp³-hybridized carbons (Fsp3) is 0.273. The van der Waals surface area contributed by atoms with Crippen LogP contribution in [-0.2, 0) is 0 Å². The highest BCUT2D eigenvalue weighted by atomic mass is 16.3. The Bertz CT molecular complexity index is 816. The Morgan fingerprint density at radius 2 is 1.41 bits per heavy atom. The lowest BCUT2D eigenvalue weighted by Gasteiger charge is -2.31. The summed E-state index contributed by atoms with van der Waals surface area (Å²) in [4.78, 5) is 24.8. The van der Waals surface area contributed by atoms with Crippen molar-refractivity contribution in [2.75, 3.05) is 0 Å². The second-order valence-electron chi connectivity index (χ2n) is 6.76. The molecule has 2 amide bonds. The Labute approximate surface area is 159 Å². The van der Waals surface area contributed by atoms with E-state index in [4.69, 9.17) is 0 Å². The highest BCUT2D eigenvalue weighted by Crippen LogP contribution is 2.22. The maximum absolute atomic E-state index is 12.4. The molecule has 140 valence electrons. The van der Waals surface area contributed by atoms with Crippen LogP contribution in [0.1, 0.15) is 40.5 Å². The van der Waals surface area contributed by atoms with Crippen LogP contribution in [0.5, 0.6) is 0 Å². The first-order chi connectivity index (χ1) is 13.0. The lowest BCUT2D eigenvalue weighted by Crippen LogP contribution is -2.45. The molecule has 0 aromatic heterocycles. The zero-order valence-corrected chi connectivity index (χ0v) is 15.3. The van der Waals surface area contributed by atoms with Gasteiger partial charge in [-0.1, -0.05) is 42.5 Å². The van der Waals surface area contributed by atoms with Crippen LogP contribution in [0.2, 0.25) is 0 Å². The average Bonchev–Trinajstić information content (AvgIpc) is 2.70. The maximum Gasteiger partial charge on any atom is 0.251 e. The molecule has 2 aromatic rings. The number of aliphatic hydroxyl groups excluding tert-OH is 1. The predicted molar refractivity (Wildman–Crippen MR) is 104 cm³/mol. The van der Waals surface area contributed by atoms with Crippen LogP contribution in [0.15, 0.2) is 72.3 Å². The first-order valence-corrected chi connectivity index (χ1v) is 9.16. The molecule has 0 spiro atoms. The van der Waals surface area contributed by atoms with Crippen LogP contribution in [0.3, 0.4) is 0 Å². The van der Waals surface area contributed by atoms with Crippen LogP contribution in [0, 0.1) is 0 Å². The molecule has 0 fully saturated rings. The number of carbonyl (C=O) groups excluding carboxylic acids is 2. The van der Waals surface area contributed by atoms with E-state index in [1.54, 1.807) is 31.2 Å². The molecule has 0 bridgehead atoms. The zero-order valence-electron chi connectivity index (χ0n) is 15.3. The van der Waals surface area contributed by atoms with Gasteiger partial charge in [-0.05, 0) is 49.6 Å². The van der Waals surface area contributed by atoms with E-state index in [0.717, 1.165) is 5.57 Å². The zero-order chi connectivity index (χ0) is 19.2. The molecule has 1 unspecified atom stereocenters. The number of carbonyl (C=O) groups is 2. The molecule has 27 heavy (non-hydrogen) atoms. The number of amides is 2. The number of hydrogen-bond donors (Lipinski definition) is 3. The van der Waals surface area contributed by atoms with E-state index in [1.807, 2.05) is 42.5 Å². The van der Waals surface area contributed by atoms with Gasteiger partial charge >= 0.3 is 0 Å². The van der Waals surface area contributed by atoms with E-state index in [2.05, 4.69) is 10.6 Å². The number of hydrogen-bond acceptors (Lipinski definition) is 3. The van der Waals surface area contributed by atoms with Crippen molar-refractivity contribution < 1.29 is 14.7 Å². The minimum absolute atomic E-state index is 0.145. The Balaban J connectivity index is 1.69. The second kappa shape index (κ2) is 8.64. The quantitative estimate of drug-likeness (QED) is 0.714. The van der Waals surface area contributed by atoms with E-state index in [1.165, 1.54) is 0 Å². The van der Waals surface area contributed by atoms with Gasteiger partial charge in [-0.15, -0.1) is 0 Å². The van der Waals surface area contributed by atoms with Crippen LogP contribution in [-0.4, -0.2) is 35.1 Å². The van der Waals surface area contributed by atoms with Crippen molar-refractivity contribution in [2.45, 2.75) is 38.0 Å². The van der Waals surface area contributed by atoms with Crippen LogP contribution >= 0.6 is 0 Å². The molecule has 0 radical (unpaired) electrons. The van der Waals surface area contributed by atoms with Gasteiger partial charge in [-0.3, -0.25) is 9.59 Å². The summed E-state index contributed by atoms with van der Waals surface area (Å²) in [7, 11) is 0. The molecule has 5 nitrogen and oxygen atoms in total. The summed E-state index contributed by atoms with van der Waals surface area (Å²) < 4.78 is 0. The van der Waals surface area contributed by atoms with Gasteiger partial charge in [0.2, 0.25) is 0 Å². The molecule has 3 atom stereocenters. The van der Waals surface area contributed by atoms with Gasteiger partial charge in [0, 0.05) is 17.2 Å². The molecule has 3 rings (SSSR count). The van der Waals surface area contributed by atoms with Crippen molar-refractivity contribution in [1.82, 2.24) is 10.6 Å². The fourth-order valence-electron chi connectivity index (χ4n) is 3.32. The van der Waals surface area contributed by atoms with Crippen molar-refractivity contribution in [3.05, 3.63) is 83.4 Å². The molecular weight excluding hydrogens is 340 g/mol. The van der Waals surface area contributed by atoms with Gasteiger partial charge in [0.05, 0.1) is 12.1 Å². The number of aliphatic hydroxyl groups is 1. The van der Waals surface area contributed by atoms with Gasteiger partial charge in [-0.25, -0.2) is 0 Å². The van der Waals surface area contributed by atoms with Crippen LogP contribution in [0.25, 0.3) is 0 Å². The van der Waals surface area contributed by atoms with E-state index >= 15 is 0 Å². The third kappa shape index (κ3) is 4.83. The smallest absolute Gasteiger partial charge is 0.251 e. The number of nitrogens with one attached hydrogen (secondary N) is 2. The highest BCUT2D eigenvalue weighted by Gasteiger charge is 2.28. The first kappa shape index (κ1) is 18.9. The SMILES string of the molecule is CC(O)C1=C[C@H](NC(=O)c2ccccc2)CC[C@@H]1NC(=O)c1ccccc1. The lowest BCUT2D eigenvalue weighted by molar-refractivity contribution is 0.0913. The summed E-state index contributed by atoms with van der Waals surface area (Å²) in [5, 5.41) is 16.1. The molecule has 2 aromatic carbocycles. The first-order valence-electron chi connectivity index (χ1n) is 9.16. The van der Waals surface area contributed by atoms with Gasteiger partial charge in [0.25, 0.3) is 11.8 Å². The summed E-state index contributed by atoms with van der Waals surface area (Å²) in [5.41, 5.74) is 1.91. The Hall–Kier alpha value is -2.92. The summed E-state index contributed by atoms with van der Waals surface area (Å²) >= 11 is 0. The normalized spacial score (nSPS) is 20.3. The second-order valence-corrected chi connectivity index (χ2v) is 6.76. The summed E-state index contributed by atoms with van der Waals surface area (Å²) in [5.74, 6) is -0.313. The molecule has 5 heteroatoms. The maximum atomic E-state index is 12.4. The van der Waals surface area contributed by atoms with Crippen molar-refractivity contribution in [1.29, 1.82) is 0 Å². The Morgan fingerprint density at radius 1 is 0.889 bits per heavy atom. The van der Waals surface area contributed by atoms with E-state index < -0.39 is 6.10 Å². The standard InChI is InChI=1S/C22H24N2O3/c1-15(25)19-14-18(23-21(26)16-8-4-2-5-9-16)12-13-20(19)24-22(27)17-10-6-3-7-11-17/h2-11,14-15,18,20,25H,12-13H2,1H3,(H,23,26)(H,24,27)/t15?,18-,20+/m1/s1. The molecule has 0 aliphatic heterocycles. The highest BCUT2D eigenvalue weighted by molar-refractivity contribution is 5.95. The van der Waals surface area contributed by atoms with E-state index in [-0.39, 0.29) is 23.9 Å². The summed E-state index contributed by atoms with van der Waals surface area (Å²) in [6, 6.07) is 17.6. The monoisotopic (exact) mass is 364 g/mol. The van der Waals surface area contributed by atoms with Crippen molar-refractivity contribution >= 4 is 11.8 Å². The van der Waals surface area contributed by atoms with Gasteiger partial charge in [0.1, 0.15) is 0 Å². The predicted octanol–water partition coefficient (Wildman–Crippen LogP) is 2.68. The van der Waals surface area contributed by atoms with Crippen LogP contribution < -0.4 is 10.6 Å². The number of rotatable bonds is 5. The molecule has 1 aliphatic rings. The largest absolute Gasteiger partial charge is 0.389 e. The molecule has 0 saturated carbocycles.